The first-order valence-corrected chi connectivity index (χ1v) is 6.04. The second-order valence-electron chi connectivity index (χ2n) is 4.65. The summed E-state index contributed by atoms with van der Waals surface area (Å²) in [5.41, 5.74) is -3.15. The van der Waals surface area contributed by atoms with Crippen LogP contribution in [0, 0.1) is 0 Å². The molecule has 1 amide bonds. The van der Waals surface area contributed by atoms with Crippen LogP contribution in [0.3, 0.4) is 0 Å². The highest BCUT2D eigenvalue weighted by atomic mass is 19.3. The van der Waals surface area contributed by atoms with Gasteiger partial charge in [-0.3, -0.25) is 4.79 Å². The molecule has 3 rings (SSSR count). The van der Waals surface area contributed by atoms with Gasteiger partial charge in [-0.15, -0.1) is 0 Å². The van der Waals surface area contributed by atoms with Crippen molar-refractivity contribution in [3.8, 4) is 0 Å². The van der Waals surface area contributed by atoms with Crippen LogP contribution in [-0.2, 0) is 11.6 Å². The number of rotatable bonds is 2. The van der Waals surface area contributed by atoms with Crippen LogP contribution in [0.15, 0.2) is 54.6 Å². The highest BCUT2D eigenvalue weighted by Gasteiger charge is 2.60. The number of alkyl halides is 2. The van der Waals surface area contributed by atoms with Gasteiger partial charge < -0.3 is 10.4 Å². The Kier molecular flexibility index (Phi) is 2.62. The summed E-state index contributed by atoms with van der Waals surface area (Å²) in [7, 11) is 0. The molecular formula is C15H11F2NO2. The van der Waals surface area contributed by atoms with Crippen molar-refractivity contribution in [1.82, 2.24) is 5.32 Å². The zero-order valence-corrected chi connectivity index (χ0v) is 10.3. The van der Waals surface area contributed by atoms with Gasteiger partial charge in [0, 0.05) is 16.7 Å². The number of amides is 1. The molecule has 5 heteroatoms. The summed E-state index contributed by atoms with van der Waals surface area (Å²) in [6, 6.07) is 12.7. The van der Waals surface area contributed by atoms with Crippen molar-refractivity contribution >= 4 is 5.91 Å². The number of benzene rings is 2. The smallest absolute Gasteiger partial charge is 0.324 e. The first kappa shape index (κ1) is 12.7. The summed E-state index contributed by atoms with van der Waals surface area (Å²) in [6.07, 6.45) is 0. The Morgan fingerprint density at radius 1 is 1.00 bits per heavy atom. The van der Waals surface area contributed by atoms with E-state index in [1.165, 1.54) is 42.5 Å². The molecule has 2 N–H and O–H groups in total. The van der Waals surface area contributed by atoms with Gasteiger partial charge in [0.15, 0.2) is 0 Å². The third-order valence-corrected chi connectivity index (χ3v) is 3.45. The number of nitrogens with one attached hydrogen (secondary N) is 1. The predicted octanol–water partition coefficient (Wildman–Crippen LogP) is 2.37. The van der Waals surface area contributed by atoms with Crippen LogP contribution in [-0.4, -0.2) is 11.0 Å². The highest BCUT2D eigenvalue weighted by molar-refractivity contribution is 5.99. The van der Waals surface area contributed by atoms with Crippen LogP contribution in [0.2, 0.25) is 0 Å². The number of carbonyl (C=O) groups excluding carboxylic acids is 1. The van der Waals surface area contributed by atoms with E-state index in [4.69, 9.17) is 0 Å². The Bertz CT molecular complexity index is 673. The van der Waals surface area contributed by atoms with Gasteiger partial charge in [0.05, 0.1) is 0 Å². The molecular weight excluding hydrogens is 264 g/mol. The summed E-state index contributed by atoms with van der Waals surface area (Å²) in [4.78, 5) is 11.8. The van der Waals surface area contributed by atoms with Crippen LogP contribution in [0.5, 0.6) is 0 Å². The maximum atomic E-state index is 14.6. The zero-order chi connectivity index (χ0) is 14.4. The SMILES string of the molecule is O=C1NC(O)(C(F)(F)c2ccccc2)c2ccccc21. The highest BCUT2D eigenvalue weighted by Crippen LogP contribution is 2.47. The van der Waals surface area contributed by atoms with Gasteiger partial charge in [0.25, 0.3) is 5.91 Å². The minimum absolute atomic E-state index is 0.0607. The van der Waals surface area contributed by atoms with E-state index in [2.05, 4.69) is 0 Å². The fraction of sp³-hybridized carbons (Fsp3) is 0.133. The molecule has 0 aromatic heterocycles. The maximum absolute atomic E-state index is 14.6. The normalized spacial score (nSPS) is 21.4. The largest absolute Gasteiger partial charge is 0.362 e. The molecule has 20 heavy (non-hydrogen) atoms. The standard InChI is InChI=1S/C15H11F2NO2/c16-14(17,10-6-2-1-3-7-10)15(20)12-9-5-4-8-11(12)13(19)18-15/h1-9,20H,(H,18,19). The summed E-state index contributed by atoms with van der Waals surface area (Å²) in [5.74, 6) is -4.35. The van der Waals surface area contributed by atoms with Crippen molar-refractivity contribution in [2.24, 2.45) is 0 Å². The fourth-order valence-corrected chi connectivity index (χ4v) is 2.40. The van der Waals surface area contributed by atoms with Crippen molar-refractivity contribution in [3.63, 3.8) is 0 Å². The molecule has 0 aliphatic carbocycles. The number of hydrogen-bond donors (Lipinski definition) is 2. The van der Waals surface area contributed by atoms with Gasteiger partial charge in [-0.1, -0.05) is 48.5 Å². The summed E-state index contributed by atoms with van der Waals surface area (Å²) >= 11 is 0. The molecule has 2 aromatic carbocycles. The van der Waals surface area contributed by atoms with Crippen molar-refractivity contribution in [2.45, 2.75) is 11.6 Å². The Balaban J connectivity index is 2.17. The number of fused-ring (bicyclic) bond motifs is 1. The molecule has 1 aliphatic heterocycles. The molecule has 3 nitrogen and oxygen atoms in total. The fourth-order valence-electron chi connectivity index (χ4n) is 2.40. The van der Waals surface area contributed by atoms with Gasteiger partial charge in [0.2, 0.25) is 5.72 Å². The van der Waals surface area contributed by atoms with Crippen molar-refractivity contribution < 1.29 is 18.7 Å². The molecule has 1 heterocycles. The van der Waals surface area contributed by atoms with E-state index >= 15 is 0 Å². The monoisotopic (exact) mass is 275 g/mol. The van der Waals surface area contributed by atoms with Gasteiger partial charge in [0.1, 0.15) is 0 Å². The van der Waals surface area contributed by atoms with Gasteiger partial charge >= 0.3 is 5.92 Å². The van der Waals surface area contributed by atoms with Crippen molar-refractivity contribution in [2.75, 3.05) is 0 Å². The molecule has 0 spiro atoms. The predicted molar refractivity (Wildman–Crippen MR) is 68.1 cm³/mol. The van der Waals surface area contributed by atoms with Crippen LogP contribution >= 0.6 is 0 Å². The Morgan fingerprint density at radius 3 is 2.30 bits per heavy atom. The molecule has 2 aromatic rings. The summed E-state index contributed by atoms with van der Waals surface area (Å²) < 4.78 is 29.3. The van der Waals surface area contributed by atoms with E-state index in [1.54, 1.807) is 12.1 Å². The Labute approximate surface area is 113 Å². The maximum Gasteiger partial charge on any atom is 0.324 e. The molecule has 1 unspecified atom stereocenters. The van der Waals surface area contributed by atoms with Crippen molar-refractivity contribution in [1.29, 1.82) is 0 Å². The van der Waals surface area contributed by atoms with E-state index in [0.29, 0.717) is 0 Å². The third-order valence-electron chi connectivity index (χ3n) is 3.45. The zero-order valence-electron chi connectivity index (χ0n) is 10.3. The molecule has 0 fully saturated rings. The average Bonchev–Trinajstić information content (AvgIpc) is 2.74. The molecule has 0 bridgehead atoms. The van der Waals surface area contributed by atoms with E-state index in [-0.39, 0.29) is 16.7 Å². The van der Waals surface area contributed by atoms with Gasteiger partial charge in [-0.2, -0.15) is 8.78 Å². The third kappa shape index (κ3) is 1.56. The lowest BCUT2D eigenvalue weighted by Crippen LogP contribution is -2.52. The lowest BCUT2D eigenvalue weighted by atomic mass is 9.91. The lowest BCUT2D eigenvalue weighted by molar-refractivity contribution is -0.203. The average molecular weight is 275 g/mol. The minimum Gasteiger partial charge on any atom is -0.362 e. The molecule has 1 atom stereocenters. The number of halogens is 2. The van der Waals surface area contributed by atoms with Gasteiger partial charge in [-0.25, -0.2) is 0 Å². The summed E-state index contributed by atoms with van der Waals surface area (Å²) in [6.45, 7) is 0. The van der Waals surface area contributed by atoms with Gasteiger partial charge in [-0.05, 0) is 6.07 Å². The van der Waals surface area contributed by atoms with E-state index in [0.717, 1.165) is 0 Å². The topological polar surface area (TPSA) is 49.3 Å². The quantitative estimate of drug-likeness (QED) is 0.884. The van der Waals surface area contributed by atoms with E-state index in [1.807, 2.05) is 5.32 Å². The Hall–Kier alpha value is -2.27. The van der Waals surface area contributed by atoms with Crippen LogP contribution < -0.4 is 5.32 Å². The molecule has 102 valence electrons. The molecule has 1 aliphatic rings. The van der Waals surface area contributed by atoms with Crippen molar-refractivity contribution in [3.05, 3.63) is 71.3 Å². The van der Waals surface area contributed by atoms with Crippen LogP contribution in [0.4, 0.5) is 8.78 Å². The molecule has 0 saturated heterocycles. The number of carbonyl (C=O) groups is 1. The second-order valence-corrected chi connectivity index (χ2v) is 4.65. The van der Waals surface area contributed by atoms with E-state index in [9.17, 15) is 18.7 Å². The first-order chi connectivity index (χ1) is 9.47. The first-order valence-electron chi connectivity index (χ1n) is 6.04. The Morgan fingerprint density at radius 2 is 1.60 bits per heavy atom. The number of aliphatic hydroxyl groups is 1. The molecule has 0 saturated carbocycles. The lowest BCUT2D eigenvalue weighted by Gasteiger charge is -2.33. The minimum atomic E-state index is -3.64. The van der Waals surface area contributed by atoms with Crippen LogP contribution in [0.1, 0.15) is 21.5 Å². The number of hydrogen-bond acceptors (Lipinski definition) is 2. The van der Waals surface area contributed by atoms with E-state index < -0.39 is 17.6 Å². The second kappa shape index (κ2) is 4.11. The molecule has 0 radical (unpaired) electrons. The summed E-state index contributed by atoms with van der Waals surface area (Å²) in [5, 5.41) is 12.4. The van der Waals surface area contributed by atoms with Crippen LogP contribution in [0.25, 0.3) is 0 Å².